The van der Waals surface area contributed by atoms with Crippen LogP contribution in [-0.4, -0.2) is 21.0 Å². The Morgan fingerprint density at radius 2 is 1.96 bits per heavy atom. The molecular weight excluding hydrogens is 367 g/mol. The standard InChI is InChI=1S/C17H12Cl2N2O2S/c1-10-3-2-4-12(20-10)8-15-16(22)21(17(23)24-15)9-11-5-6-13(18)14(19)7-11/h2-8H,9H2,1H3. The van der Waals surface area contributed by atoms with Crippen LogP contribution in [0.15, 0.2) is 41.3 Å². The Morgan fingerprint density at radius 3 is 2.67 bits per heavy atom. The first-order chi connectivity index (χ1) is 11.4. The Labute approximate surface area is 153 Å². The molecule has 0 bridgehead atoms. The van der Waals surface area contributed by atoms with Gasteiger partial charge in [0.15, 0.2) is 0 Å². The second kappa shape index (κ2) is 6.97. The van der Waals surface area contributed by atoms with Gasteiger partial charge in [0.05, 0.1) is 27.2 Å². The number of pyridine rings is 1. The Morgan fingerprint density at radius 1 is 1.17 bits per heavy atom. The van der Waals surface area contributed by atoms with Crippen molar-refractivity contribution in [1.29, 1.82) is 0 Å². The summed E-state index contributed by atoms with van der Waals surface area (Å²) in [6.45, 7) is 2.02. The number of halogens is 2. The number of nitrogens with zero attached hydrogens (tertiary/aromatic N) is 2. The summed E-state index contributed by atoms with van der Waals surface area (Å²) in [5.41, 5.74) is 2.23. The number of aromatic nitrogens is 1. The molecule has 7 heteroatoms. The molecule has 1 fully saturated rings. The fourth-order valence-electron chi connectivity index (χ4n) is 2.24. The summed E-state index contributed by atoms with van der Waals surface area (Å²) in [7, 11) is 0. The number of hydrogen-bond donors (Lipinski definition) is 0. The van der Waals surface area contributed by atoms with E-state index in [9.17, 15) is 9.59 Å². The zero-order valence-electron chi connectivity index (χ0n) is 12.6. The molecule has 2 heterocycles. The molecule has 122 valence electrons. The number of aryl methyl sites for hydroxylation is 1. The summed E-state index contributed by atoms with van der Waals surface area (Å²) < 4.78 is 0. The summed E-state index contributed by atoms with van der Waals surface area (Å²) in [6, 6.07) is 10.6. The van der Waals surface area contributed by atoms with Crippen LogP contribution in [0, 0.1) is 6.92 Å². The highest BCUT2D eigenvalue weighted by molar-refractivity contribution is 8.18. The van der Waals surface area contributed by atoms with E-state index in [0.29, 0.717) is 20.6 Å². The van der Waals surface area contributed by atoms with Gasteiger partial charge in [-0.05, 0) is 54.6 Å². The third kappa shape index (κ3) is 3.64. The van der Waals surface area contributed by atoms with E-state index in [2.05, 4.69) is 4.98 Å². The van der Waals surface area contributed by atoms with Gasteiger partial charge in [-0.1, -0.05) is 35.3 Å². The molecule has 2 aromatic rings. The van der Waals surface area contributed by atoms with Crippen molar-refractivity contribution < 1.29 is 9.59 Å². The fraction of sp³-hybridized carbons (Fsp3) is 0.118. The molecule has 1 saturated heterocycles. The summed E-state index contributed by atoms with van der Waals surface area (Å²) in [6.07, 6.45) is 1.63. The van der Waals surface area contributed by atoms with Gasteiger partial charge in [0.1, 0.15) is 0 Å². The molecular formula is C17H12Cl2N2O2S. The summed E-state index contributed by atoms with van der Waals surface area (Å²) >= 11 is 12.8. The van der Waals surface area contributed by atoms with E-state index in [1.807, 2.05) is 19.1 Å². The van der Waals surface area contributed by atoms with Gasteiger partial charge in [-0.15, -0.1) is 0 Å². The maximum atomic E-state index is 12.5. The van der Waals surface area contributed by atoms with Crippen LogP contribution in [0.4, 0.5) is 4.79 Å². The number of carbonyl (C=O) groups excluding carboxylic acids is 2. The van der Waals surface area contributed by atoms with Gasteiger partial charge in [-0.2, -0.15) is 0 Å². The van der Waals surface area contributed by atoms with Crippen LogP contribution in [0.3, 0.4) is 0 Å². The minimum absolute atomic E-state index is 0.153. The summed E-state index contributed by atoms with van der Waals surface area (Å²) in [5.74, 6) is -0.334. The van der Waals surface area contributed by atoms with E-state index in [4.69, 9.17) is 23.2 Å². The van der Waals surface area contributed by atoms with Crippen molar-refractivity contribution in [1.82, 2.24) is 9.88 Å². The number of hydrogen-bond acceptors (Lipinski definition) is 4. The number of carbonyl (C=O) groups is 2. The van der Waals surface area contributed by atoms with E-state index >= 15 is 0 Å². The molecule has 1 aromatic carbocycles. The van der Waals surface area contributed by atoms with E-state index in [0.717, 1.165) is 23.0 Å². The zero-order chi connectivity index (χ0) is 17.3. The highest BCUT2D eigenvalue weighted by Gasteiger charge is 2.35. The fourth-order valence-corrected chi connectivity index (χ4v) is 3.38. The average molecular weight is 379 g/mol. The molecule has 1 aliphatic rings. The lowest BCUT2D eigenvalue weighted by molar-refractivity contribution is -0.123. The van der Waals surface area contributed by atoms with Crippen molar-refractivity contribution in [3.05, 3.63) is 68.3 Å². The van der Waals surface area contributed by atoms with Gasteiger partial charge < -0.3 is 0 Å². The maximum Gasteiger partial charge on any atom is 0.293 e. The van der Waals surface area contributed by atoms with Crippen molar-refractivity contribution in [2.24, 2.45) is 0 Å². The van der Waals surface area contributed by atoms with Gasteiger partial charge >= 0.3 is 0 Å². The number of benzene rings is 1. The monoisotopic (exact) mass is 378 g/mol. The topological polar surface area (TPSA) is 50.3 Å². The van der Waals surface area contributed by atoms with Crippen molar-refractivity contribution in [3.63, 3.8) is 0 Å². The van der Waals surface area contributed by atoms with Gasteiger partial charge in [0.2, 0.25) is 0 Å². The third-order valence-corrected chi connectivity index (χ3v) is 5.03. The van der Waals surface area contributed by atoms with Gasteiger partial charge in [-0.25, -0.2) is 0 Å². The van der Waals surface area contributed by atoms with Crippen LogP contribution in [0.25, 0.3) is 6.08 Å². The minimum Gasteiger partial charge on any atom is -0.268 e. The predicted octanol–water partition coefficient (Wildman–Crippen LogP) is 4.93. The van der Waals surface area contributed by atoms with Crippen molar-refractivity contribution in [3.8, 4) is 0 Å². The zero-order valence-corrected chi connectivity index (χ0v) is 15.0. The number of thioether (sulfide) groups is 1. The number of amides is 2. The second-order valence-corrected chi connectivity index (χ2v) is 7.03. The lowest BCUT2D eigenvalue weighted by atomic mass is 10.2. The summed E-state index contributed by atoms with van der Waals surface area (Å²) in [5, 5.41) is 0.505. The van der Waals surface area contributed by atoms with E-state index < -0.39 is 0 Å². The smallest absolute Gasteiger partial charge is 0.268 e. The molecule has 0 unspecified atom stereocenters. The molecule has 0 aliphatic carbocycles. The van der Waals surface area contributed by atoms with Crippen LogP contribution in [0.1, 0.15) is 17.0 Å². The third-order valence-electron chi connectivity index (χ3n) is 3.39. The van der Waals surface area contributed by atoms with Crippen LogP contribution >= 0.6 is 35.0 Å². The first-order valence-corrected chi connectivity index (χ1v) is 8.64. The molecule has 1 aromatic heterocycles. The Kier molecular flexibility index (Phi) is 4.94. The first kappa shape index (κ1) is 17.0. The van der Waals surface area contributed by atoms with Crippen molar-refractivity contribution in [2.45, 2.75) is 13.5 Å². The normalized spacial score (nSPS) is 16.3. The van der Waals surface area contributed by atoms with Gasteiger partial charge in [-0.3, -0.25) is 19.5 Å². The molecule has 0 N–H and O–H groups in total. The lowest BCUT2D eigenvalue weighted by Gasteiger charge is -2.12. The number of rotatable bonds is 3. The molecule has 0 spiro atoms. The highest BCUT2D eigenvalue weighted by Crippen LogP contribution is 2.33. The highest BCUT2D eigenvalue weighted by atomic mass is 35.5. The van der Waals surface area contributed by atoms with E-state index in [1.165, 1.54) is 4.90 Å². The first-order valence-electron chi connectivity index (χ1n) is 7.07. The molecule has 24 heavy (non-hydrogen) atoms. The predicted molar refractivity (Wildman–Crippen MR) is 97.0 cm³/mol. The summed E-state index contributed by atoms with van der Waals surface area (Å²) in [4.78, 5) is 30.5. The van der Waals surface area contributed by atoms with Crippen LogP contribution in [-0.2, 0) is 11.3 Å². The van der Waals surface area contributed by atoms with Crippen LogP contribution in [0.5, 0.6) is 0 Å². The molecule has 0 saturated carbocycles. The Bertz CT molecular complexity index is 867. The molecule has 0 atom stereocenters. The Hall–Kier alpha value is -1.82. The van der Waals surface area contributed by atoms with Crippen LogP contribution < -0.4 is 0 Å². The average Bonchev–Trinajstić information content (AvgIpc) is 2.78. The largest absolute Gasteiger partial charge is 0.293 e. The molecule has 4 nitrogen and oxygen atoms in total. The molecule has 2 amide bonds. The van der Waals surface area contributed by atoms with E-state index in [1.54, 1.807) is 30.3 Å². The quantitative estimate of drug-likeness (QED) is 0.710. The molecule has 3 rings (SSSR count). The number of imide groups is 1. The van der Waals surface area contributed by atoms with Crippen molar-refractivity contribution in [2.75, 3.05) is 0 Å². The SMILES string of the molecule is Cc1cccc(C=C2SC(=O)N(Cc3ccc(Cl)c(Cl)c3)C2=O)n1. The van der Waals surface area contributed by atoms with Gasteiger partial charge in [0, 0.05) is 5.69 Å². The second-order valence-electron chi connectivity index (χ2n) is 5.22. The minimum atomic E-state index is -0.334. The van der Waals surface area contributed by atoms with Crippen LogP contribution in [0.2, 0.25) is 10.0 Å². The maximum absolute atomic E-state index is 12.5. The Balaban J connectivity index is 1.82. The van der Waals surface area contributed by atoms with E-state index in [-0.39, 0.29) is 17.7 Å². The molecule has 0 radical (unpaired) electrons. The molecule has 1 aliphatic heterocycles. The van der Waals surface area contributed by atoms with Crippen molar-refractivity contribution >= 4 is 52.2 Å². The lowest BCUT2D eigenvalue weighted by Crippen LogP contribution is -2.27. The van der Waals surface area contributed by atoms with Gasteiger partial charge in [0.25, 0.3) is 11.1 Å².